The highest BCUT2D eigenvalue weighted by Gasteiger charge is 2.19. The lowest BCUT2D eigenvalue weighted by Gasteiger charge is -2.18. The summed E-state index contributed by atoms with van der Waals surface area (Å²) in [4.78, 5) is 22.2. The van der Waals surface area contributed by atoms with Gasteiger partial charge in [-0.3, -0.25) is 14.9 Å². The third kappa shape index (κ3) is 4.47. The van der Waals surface area contributed by atoms with Crippen molar-refractivity contribution in [3.05, 3.63) is 38.9 Å². The molecular formula is C13H17ClN2O4. The maximum atomic E-state index is 12.1. The predicted molar refractivity (Wildman–Crippen MR) is 75.9 cm³/mol. The van der Waals surface area contributed by atoms with Gasteiger partial charge in [0.05, 0.1) is 28.2 Å². The quantitative estimate of drug-likeness (QED) is 0.623. The summed E-state index contributed by atoms with van der Waals surface area (Å²) in [6.07, 6.45) is 0.606. The van der Waals surface area contributed by atoms with Crippen molar-refractivity contribution in [2.24, 2.45) is 5.92 Å². The van der Waals surface area contributed by atoms with E-state index in [0.717, 1.165) is 6.07 Å². The summed E-state index contributed by atoms with van der Waals surface area (Å²) in [7, 11) is 0. The van der Waals surface area contributed by atoms with Crippen LogP contribution in [-0.4, -0.2) is 28.6 Å². The SMILES string of the molecule is CC(C)CC(CO)NC(=O)c1cc([N+](=O)[O-])ccc1Cl. The molecule has 0 aliphatic carbocycles. The Morgan fingerprint density at radius 3 is 2.65 bits per heavy atom. The lowest BCUT2D eigenvalue weighted by atomic mass is 10.0. The number of aliphatic hydroxyl groups excluding tert-OH is 1. The minimum absolute atomic E-state index is 0.0306. The number of non-ortho nitro benzene ring substituents is 1. The van der Waals surface area contributed by atoms with E-state index in [2.05, 4.69) is 5.32 Å². The summed E-state index contributed by atoms with van der Waals surface area (Å²) in [5.41, 5.74) is -0.174. The van der Waals surface area contributed by atoms with Gasteiger partial charge in [-0.05, 0) is 18.4 Å². The van der Waals surface area contributed by atoms with Crippen molar-refractivity contribution >= 4 is 23.2 Å². The smallest absolute Gasteiger partial charge is 0.270 e. The number of halogens is 1. The number of amides is 1. The van der Waals surface area contributed by atoms with Gasteiger partial charge >= 0.3 is 0 Å². The Morgan fingerprint density at radius 1 is 1.50 bits per heavy atom. The van der Waals surface area contributed by atoms with Gasteiger partial charge in [0.15, 0.2) is 0 Å². The Hall–Kier alpha value is -1.66. The van der Waals surface area contributed by atoms with Gasteiger partial charge in [-0.25, -0.2) is 0 Å². The van der Waals surface area contributed by atoms with Crippen LogP contribution in [0.15, 0.2) is 18.2 Å². The molecule has 110 valence electrons. The average molecular weight is 301 g/mol. The molecule has 1 atom stereocenters. The van der Waals surface area contributed by atoms with E-state index in [1.54, 1.807) is 0 Å². The van der Waals surface area contributed by atoms with Crippen molar-refractivity contribution in [2.75, 3.05) is 6.61 Å². The summed E-state index contributed by atoms with van der Waals surface area (Å²) < 4.78 is 0. The van der Waals surface area contributed by atoms with Crippen molar-refractivity contribution in [2.45, 2.75) is 26.3 Å². The van der Waals surface area contributed by atoms with Gasteiger partial charge in [-0.1, -0.05) is 25.4 Å². The fourth-order valence-corrected chi connectivity index (χ4v) is 2.02. The maximum absolute atomic E-state index is 12.1. The van der Waals surface area contributed by atoms with Crippen LogP contribution in [0.2, 0.25) is 5.02 Å². The molecule has 7 heteroatoms. The number of carbonyl (C=O) groups excluding carboxylic acids is 1. The molecule has 1 rings (SSSR count). The van der Waals surface area contributed by atoms with Gasteiger partial charge in [0.25, 0.3) is 11.6 Å². The van der Waals surface area contributed by atoms with Crippen LogP contribution in [0, 0.1) is 16.0 Å². The van der Waals surface area contributed by atoms with Crippen LogP contribution in [0.25, 0.3) is 0 Å². The van der Waals surface area contributed by atoms with Gasteiger partial charge in [-0.2, -0.15) is 0 Å². The second-order valence-electron chi connectivity index (χ2n) is 4.90. The van der Waals surface area contributed by atoms with Crippen LogP contribution >= 0.6 is 11.6 Å². The normalized spacial score (nSPS) is 12.2. The van der Waals surface area contributed by atoms with Crippen molar-refractivity contribution in [1.29, 1.82) is 0 Å². The van der Waals surface area contributed by atoms with E-state index < -0.39 is 16.9 Å². The van der Waals surface area contributed by atoms with Crippen molar-refractivity contribution < 1.29 is 14.8 Å². The van der Waals surface area contributed by atoms with Crippen LogP contribution in [0.3, 0.4) is 0 Å². The molecular weight excluding hydrogens is 284 g/mol. The van der Waals surface area contributed by atoms with Crippen molar-refractivity contribution in [3.63, 3.8) is 0 Å². The molecule has 0 aromatic heterocycles. The van der Waals surface area contributed by atoms with Gasteiger partial charge in [0.1, 0.15) is 0 Å². The molecule has 0 radical (unpaired) electrons. The average Bonchev–Trinajstić information content (AvgIpc) is 2.37. The molecule has 0 saturated carbocycles. The topological polar surface area (TPSA) is 92.5 Å². The van der Waals surface area contributed by atoms with E-state index in [1.807, 2.05) is 13.8 Å². The lowest BCUT2D eigenvalue weighted by molar-refractivity contribution is -0.384. The molecule has 0 heterocycles. The third-order valence-electron chi connectivity index (χ3n) is 2.72. The summed E-state index contributed by atoms with van der Waals surface area (Å²) in [6.45, 7) is 3.74. The van der Waals surface area contributed by atoms with Gasteiger partial charge in [0, 0.05) is 12.1 Å². The molecule has 0 bridgehead atoms. The number of hydrogen-bond donors (Lipinski definition) is 2. The summed E-state index contributed by atoms with van der Waals surface area (Å²) >= 11 is 5.88. The van der Waals surface area contributed by atoms with Crippen LogP contribution in [0.4, 0.5) is 5.69 Å². The van der Waals surface area contributed by atoms with Gasteiger partial charge < -0.3 is 10.4 Å². The van der Waals surface area contributed by atoms with E-state index in [0.29, 0.717) is 12.3 Å². The first-order valence-corrected chi connectivity index (χ1v) is 6.58. The maximum Gasteiger partial charge on any atom is 0.270 e. The number of nitrogens with zero attached hydrogens (tertiary/aromatic N) is 1. The second-order valence-corrected chi connectivity index (χ2v) is 5.31. The van der Waals surface area contributed by atoms with Crippen molar-refractivity contribution in [3.8, 4) is 0 Å². The highest BCUT2D eigenvalue weighted by atomic mass is 35.5. The molecule has 0 fully saturated rings. The molecule has 1 amide bonds. The minimum atomic E-state index is -0.593. The number of carbonyl (C=O) groups is 1. The predicted octanol–water partition coefficient (Wildman–Crippen LogP) is 2.39. The zero-order valence-corrected chi connectivity index (χ0v) is 12.1. The lowest BCUT2D eigenvalue weighted by Crippen LogP contribution is -2.38. The molecule has 1 unspecified atom stereocenters. The summed E-state index contributed by atoms with van der Waals surface area (Å²) in [6, 6.07) is 3.27. The van der Waals surface area contributed by atoms with Gasteiger partial charge in [-0.15, -0.1) is 0 Å². The zero-order valence-electron chi connectivity index (χ0n) is 11.3. The Kier molecular flexibility index (Phi) is 5.91. The van der Waals surface area contributed by atoms with Crippen LogP contribution in [0.5, 0.6) is 0 Å². The summed E-state index contributed by atoms with van der Waals surface area (Å²) in [5.74, 6) is -0.230. The fraction of sp³-hybridized carbons (Fsp3) is 0.462. The molecule has 6 nitrogen and oxygen atoms in total. The highest BCUT2D eigenvalue weighted by molar-refractivity contribution is 6.33. The first kappa shape index (κ1) is 16.4. The number of hydrogen-bond acceptors (Lipinski definition) is 4. The highest BCUT2D eigenvalue weighted by Crippen LogP contribution is 2.22. The Morgan fingerprint density at radius 2 is 2.15 bits per heavy atom. The summed E-state index contributed by atoms with van der Waals surface area (Å²) in [5, 5.41) is 22.7. The van der Waals surface area contributed by atoms with E-state index in [1.165, 1.54) is 12.1 Å². The van der Waals surface area contributed by atoms with E-state index in [-0.39, 0.29) is 22.9 Å². The molecule has 1 aromatic rings. The number of aliphatic hydroxyl groups is 1. The van der Waals surface area contributed by atoms with E-state index >= 15 is 0 Å². The number of nitrogens with one attached hydrogen (secondary N) is 1. The molecule has 1 aromatic carbocycles. The van der Waals surface area contributed by atoms with Crippen molar-refractivity contribution in [1.82, 2.24) is 5.32 Å². The molecule has 2 N–H and O–H groups in total. The zero-order chi connectivity index (χ0) is 15.3. The molecule has 20 heavy (non-hydrogen) atoms. The van der Waals surface area contributed by atoms with Crippen LogP contribution in [-0.2, 0) is 0 Å². The largest absolute Gasteiger partial charge is 0.394 e. The second kappa shape index (κ2) is 7.21. The number of rotatable bonds is 6. The fourth-order valence-electron chi connectivity index (χ4n) is 1.81. The Balaban J connectivity index is 2.91. The number of nitro groups is 1. The first-order chi connectivity index (χ1) is 9.35. The third-order valence-corrected chi connectivity index (χ3v) is 3.05. The molecule has 0 saturated heterocycles. The van der Waals surface area contributed by atoms with Gasteiger partial charge in [0.2, 0.25) is 0 Å². The van der Waals surface area contributed by atoms with Crippen LogP contribution in [0.1, 0.15) is 30.6 Å². The Bertz CT molecular complexity index is 505. The molecule has 0 spiro atoms. The molecule has 0 aliphatic heterocycles. The number of nitro benzene ring substituents is 1. The Labute approximate surface area is 121 Å². The monoisotopic (exact) mass is 300 g/mol. The van der Waals surface area contributed by atoms with Crippen LogP contribution < -0.4 is 5.32 Å². The standard InChI is InChI=1S/C13H17ClN2O4/c1-8(2)5-9(7-17)15-13(18)11-6-10(16(19)20)3-4-12(11)14/h3-4,6,8-9,17H,5,7H2,1-2H3,(H,15,18). The van der Waals surface area contributed by atoms with E-state index in [4.69, 9.17) is 11.6 Å². The minimum Gasteiger partial charge on any atom is -0.394 e. The van der Waals surface area contributed by atoms with E-state index in [9.17, 15) is 20.0 Å². The molecule has 0 aliphatic rings. The number of benzene rings is 1. The first-order valence-electron chi connectivity index (χ1n) is 6.20.